The van der Waals surface area contributed by atoms with Gasteiger partial charge in [0, 0.05) is 16.7 Å². The maximum absolute atomic E-state index is 9.85. The fourth-order valence-electron chi connectivity index (χ4n) is 5.03. The lowest BCUT2D eigenvalue weighted by atomic mass is 9.66. The average molecular weight is 392 g/mol. The second-order valence-electron chi connectivity index (χ2n) is 7.35. The van der Waals surface area contributed by atoms with Crippen molar-refractivity contribution in [3.63, 3.8) is 0 Å². The molecule has 2 aliphatic rings. The van der Waals surface area contributed by atoms with Crippen LogP contribution in [0, 0.1) is 11.3 Å². The quantitative estimate of drug-likeness (QED) is 0.289. The van der Waals surface area contributed by atoms with Crippen LogP contribution in [0.2, 0.25) is 5.02 Å². The highest BCUT2D eigenvalue weighted by molar-refractivity contribution is 6.32. The van der Waals surface area contributed by atoms with Crippen molar-refractivity contribution in [1.82, 2.24) is 0 Å². The summed E-state index contributed by atoms with van der Waals surface area (Å²) in [4.78, 5) is 0. The normalized spacial score (nSPS) is 17.5. The molecular weight excluding hydrogens is 378 g/mol. The van der Waals surface area contributed by atoms with Gasteiger partial charge in [-0.05, 0) is 34.9 Å². The second-order valence-corrected chi connectivity index (χ2v) is 7.76. The lowest BCUT2D eigenvalue weighted by Gasteiger charge is -2.39. The molecule has 136 valence electrons. The number of hydrogen-bond donors (Lipinski definition) is 0. The van der Waals surface area contributed by atoms with Crippen LogP contribution in [0.15, 0.2) is 84.9 Å². The molecule has 0 N–H and O–H groups in total. The van der Waals surface area contributed by atoms with Crippen LogP contribution in [0.1, 0.15) is 27.8 Å². The van der Waals surface area contributed by atoms with Crippen LogP contribution >= 0.6 is 11.6 Å². The average Bonchev–Trinajstić information content (AvgIpc) is 3.06. The van der Waals surface area contributed by atoms with Gasteiger partial charge in [0.05, 0.1) is 22.1 Å². The summed E-state index contributed by atoms with van der Waals surface area (Å²) in [6.07, 6.45) is 0. The predicted octanol–water partition coefficient (Wildman–Crippen LogP) is 6.68. The molecule has 0 bridgehead atoms. The van der Waals surface area contributed by atoms with Crippen LogP contribution in [-0.2, 0) is 5.41 Å². The van der Waals surface area contributed by atoms with Gasteiger partial charge in [-0.25, -0.2) is 0 Å². The van der Waals surface area contributed by atoms with Crippen molar-refractivity contribution in [3.8, 4) is 28.7 Å². The van der Waals surface area contributed by atoms with E-state index in [2.05, 4.69) is 42.5 Å². The number of para-hydroxylation sites is 2. The summed E-state index contributed by atoms with van der Waals surface area (Å²) in [6, 6.07) is 30.7. The van der Waals surface area contributed by atoms with E-state index in [1.165, 1.54) is 0 Å². The summed E-state index contributed by atoms with van der Waals surface area (Å²) < 4.78 is 6.28. The molecule has 4 aromatic rings. The minimum absolute atomic E-state index is 0.576. The van der Waals surface area contributed by atoms with Gasteiger partial charge in [0.15, 0.2) is 5.75 Å². The molecule has 0 radical (unpaired) electrons. The summed E-state index contributed by atoms with van der Waals surface area (Å²) in [5, 5.41) is 10.4. The van der Waals surface area contributed by atoms with Gasteiger partial charge in [0.1, 0.15) is 5.75 Å². The third-order valence-electron chi connectivity index (χ3n) is 6.06. The second kappa shape index (κ2) is 5.73. The molecule has 0 fully saturated rings. The number of rotatable bonds is 0. The topological polar surface area (TPSA) is 33.0 Å². The van der Waals surface area contributed by atoms with Crippen molar-refractivity contribution in [1.29, 1.82) is 5.26 Å². The molecular formula is C26H14ClNO. The zero-order valence-corrected chi connectivity index (χ0v) is 16.1. The van der Waals surface area contributed by atoms with Crippen LogP contribution in [0.5, 0.6) is 11.5 Å². The summed E-state index contributed by atoms with van der Waals surface area (Å²) in [5.74, 6) is 1.47. The number of hydrogen-bond acceptors (Lipinski definition) is 2. The molecule has 1 unspecified atom stereocenters. The van der Waals surface area contributed by atoms with Crippen molar-refractivity contribution in [2.45, 2.75) is 5.41 Å². The van der Waals surface area contributed by atoms with E-state index < -0.39 is 5.41 Å². The van der Waals surface area contributed by atoms with Gasteiger partial charge in [-0.15, -0.1) is 0 Å². The van der Waals surface area contributed by atoms with Gasteiger partial charge in [0.25, 0.3) is 0 Å². The first-order chi connectivity index (χ1) is 14.3. The van der Waals surface area contributed by atoms with E-state index in [9.17, 15) is 5.26 Å². The van der Waals surface area contributed by atoms with Crippen LogP contribution in [0.25, 0.3) is 11.1 Å². The van der Waals surface area contributed by atoms with Crippen molar-refractivity contribution < 1.29 is 4.74 Å². The molecule has 2 nitrogen and oxygen atoms in total. The van der Waals surface area contributed by atoms with Crippen molar-refractivity contribution in [2.75, 3.05) is 0 Å². The van der Waals surface area contributed by atoms with Crippen molar-refractivity contribution >= 4 is 11.6 Å². The standard InChI is InChI=1S/C26H14ClNO/c27-22-13-6-12-21-25(22)29-23-14-4-3-10-19(23)26(21)18-9-2-1-8-17(18)24-16(15-28)7-5-11-20(24)26/h1-14H. The first-order valence-corrected chi connectivity index (χ1v) is 9.84. The number of nitrogens with zero attached hydrogens (tertiary/aromatic N) is 1. The van der Waals surface area contributed by atoms with Gasteiger partial charge in [0.2, 0.25) is 0 Å². The fourth-order valence-corrected chi connectivity index (χ4v) is 5.24. The third kappa shape index (κ3) is 1.91. The molecule has 0 saturated heterocycles. The Morgan fingerprint density at radius 1 is 0.724 bits per heavy atom. The molecule has 1 atom stereocenters. The molecule has 1 aliphatic heterocycles. The molecule has 29 heavy (non-hydrogen) atoms. The fraction of sp³-hybridized carbons (Fsp3) is 0.0385. The Labute approximate surface area is 173 Å². The van der Waals surface area contributed by atoms with E-state index in [1.807, 2.05) is 48.5 Å². The molecule has 0 aromatic heterocycles. The van der Waals surface area contributed by atoms with E-state index in [4.69, 9.17) is 16.3 Å². The Balaban J connectivity index is 1.88. The van der Waals surface area contributed by atoms with Crippen LogP contribution < -0.4 is 4.74 Å². The van der Waals surface area contributed by atoms with Crippen LogP contribution in [0.4, 0.5) is 0 Å². The number of ether oxygens (including phenoxy) is 1. The zero-order valence-electron chi connectivity index (χ0n) is 15.3. The molecule has 0 amide bonds. The molecule has 1 aliphatic carbocycles. The first kappa shape index (κ1) is 16.4. The molecule has 1 heterocycles. The summed E-state index contributed by atoms with van der Waals surface area (Å²) >= 11 is 6.61. The lowest BCUT2D eigenvalue weighted by molar-refractivity contribution is 0.436. The Morgan fingerprint density at radius 3 is 2.28 bits per heavy atom. The van der Waals surface area contributed by atoms with Gasteiger partial charge >= 0.3 is 0 Å². The van der Waals surface area contributed by atoms with E-state index in [0.717, 1.165) is 39.1 Å². The largest absolute Gasteiger partial charge is 0.455 e. The molecule has 6 rings (SSSR count). The molecule has 1 spiro atoms. The number of fused-ring (bicyclic) bond motifs is 9. The summed E-state index contributed by atoms with van der Waals surface area (Å²) in [7, 11) is 0. The lowest BCUT2D eigenvalue weighted by Crippen LogP contribution is -2.32. The summed E-state index contributed by atoms with van der Waals surface area (Å²) in [6.45, 7) is 0. The van der Waals surface area contributed by atoms with Gasteiger partial charge in [-0.3, -0.25) is 0 Å². The molecule has 3 heteroatoms. The molecule has 0 saturated carbocycles. The zero-order chi connectivity index (χ0) is 19.6. The smallest absolute Gasteiger partial charge is 0.150 e. The Hall–Kier alpha value is -3.54. The Kier molecular flexibility index (Phi) is 3.25. The van der Waals surface area contributed by atoms with E-state index in [0.29, 0.717) is 16.3 Å². The predicted molar refractivity (Wildman–Crippen MR) is 114 cm³/mol. The highest BCUT2D eigenvalue weighted by atomic mass is 35.5. The number of nitriles is 1. The van der Waals surface area contributed by atoms with E-state index >= 15 is 0 Å². The van der Waals surface area contributed by atoms with Crippen molar-refractivity contribution in [2.24, 2.45) is 0 Å². The first-order valence-electron chi connectivity index (χ1n) is 9.46. The van der Waals surface area contributed by atoms with Gasteiger partial charge in [-0.1, -0.05) is 78.3 Å². The van der Waals surface area contributed by atoms with Crippen LogP contribution in [-0.4, -0.2) is 0 Å². The third-order valence-corrected chi connectivity index (χ3v) is 6.36. The maximum atomic E-state index is 9.85. The van der Waals surface area contributed by atoms with Crippen LogP contribution in [0.3, 0.4) is 0 Å². The van der Waals surface area contributed by atoms with E-state index in [-0.39, 0.29) is 0 Å². The highest BCUT2D eigenvalue weighted by Crippen LogP contribution is 2.63. The molecule has 4 aromatic carbocycles. The SMILES string of the molecule is N#Cc1cccc2c1-c1ccccc1C21c2ccccc2Oc2c(Cl)cccc21. The number of benzene rings is 4. The minimum atomic E-state index is -0.576. The summed E-state index contributed by atoms with van der Waals surface area (Å²) in [5.41, 5.74) is 6.50. The minimum Gasteiger partial charge on any atom is -0.455 e. The Bertz CT molecular complexity index is 1370. The van der Waals surface area contributed by atoms with E-state index in [1.54, 1.807) is 0 Å². The Morgan fingerprint density at radius 2 is 1.41 bits per heavy atom. The maximum Gasteiger partial charge on any atom is 0.150 e. The highest BCUT2D eigenvalue weighted by Gasteiger charge is 2.51. The van der Waals surface area contributed by atoms with Crippen molar-refractivity contribution in [3.05, 3.63) is 118 Å². The monoisotopic (exact) mass is 391 g/mol. The van der Waals surface area contributed by atoms with Gasteiger partial charge < -0.3 is 4.74 Å². The number of halogens is 1. The van der Waals surface area contributed by atoms with Gasteiger partial charge in [-0.2, -0.15) is 5.26 Å².